The fraction of sp³-hybridized carbons (Fsp3) is 0.323. The Morgan fingerprint density at radius 1 is 0.882 bits per heavy atom. The molecule has 1 unspecified atom stereocenters. The van der Waals surface area contributed by atoms with Gasteiger partial charge in [-0.2, -0.15) is 0 Å². The summed E-state index contributed by atoms with van der Waals surface area (Å²) in [4.78, 5) is 15.7. The number of fused-ring (bicyclic) bond motifs is 1. The van der Waals surface area contributed by atoms with Crippen molar-refractivity contribution in [2.24, 2.45) is 0 Å². The first-order valence-corrected chi connectivity index (χ1v) is 12.8. The first-order chi connectivity index (χ1) is 16.7. The minimum absolute atomic E-state index is 0.00610. The molecule has 0 bridgehead atoms. The maximum Gasteiger partial charge on any atom is 0.251 e. The van der Waals surface area contributed by atoms with E-state index in [1.165, 1.54) is 54.6 Å². The largest absolute Gasteiger partial charge is 0.322 e. The lowest BCUT2D eigenvalue weighted by Crippen LogP contribution is -2.33. The average Bonchev–Trinajstić information content (AvgIpc) is 2.90. The highest BCUT2D eigenvalue weighted by Gasteiger charge is 2.21. The first-order valence-electron chi connectivity index (χ1n) is 12.8. The zero-order chi connectivity index (χ0) is 23.3. The maximum atomic E-state index is 13.1. The molecule has 34 heavy (non-hydrogen) atoms. The van der Waals surface area contributed by atoms with Crippen LogP contribution in [0, 0.1) is 0 Å². The maximum absolute atomic E-state index is 13.1. The van der Waals surface area contributed by atoms with E-state index in [-0.39, 0.29) is 5.91 Å². The molecule has 5 rings (SSSR count). The summed E-state index contributed by atoms with van der Waals surface area (Å²) in [6, 6.07) is 26.0. The Morgan fingerprint density at radius 3 is 2.38 bits per heavy atom. The van der Waals surface area contributed by atoms with E-state index in [1.54, 1.807) is 0 Å². The van der Waals surface area contributed by atoms with Crippen LogP contribution < -0.4 is 5.32 Å². The van der Waals surface area contributed by atoms with Crippen molar-refractivity contribution in [3.63, 3.8) is 0 Å². The molecule has 0 saturated carbocycles. The minimum atomic E-state index is 0.00610. The summed E-state index contributed by atoms with van der Waals surface area (Å²) < 4.78 is 0. The fourth-order valence-corrected chi connectivity index (χ4v) is 5.41. The molecule has 1 amide bonds. The number of nitrogens with one attached hydrogen (secondary N) is 1. The quantitative estimate of drug-likeness (QED) is 0.429. The van der Waals surface area contributed by atoms with Gasteiger partial charge in [-0.25, -0.2) is 0 Å². The topological polar surface area (TPSA) is 32.3 Å². The molecular formula is C31H34N2O. The number of benzene rings is 3. The molecule has 0 aromatic heterocycles. The summed E-state index contributed by atoms with van der Waals surface area (Å²) >= 11 is 0. The smallest absolute Gasteiger partial charge is 0.251 e. The monoisotopic (exact) mass is 450 g/mol. The summed E-state index contributed by atoms with van der Waals surface area (Å²) in [6.07, 6.45) is 8.81. The normalized spacial score (nSPS) is 16.9. The van der Waals surface area contributed by atoms with E-state index in [1.807, 2.05) is 6.07 Å². The van der Waals surface area contributed by atoms with Crippen LogP contribution in [0.3, 0.4) is 0 Å². The number of carbonyl (C=O) groups excluding carboxylic acids is 1. The third-order valence-electron chi connectivity index (χ3n) is 7.31. The highest BCUT2D eigenvalue weighted by Crippen LogP contribution is 2.31. The number of piperidine rings is 1. The zero-order valence-electron chi connectivity index (χ0n) is 20.1. The van der Waals surface area contributed by atoms with E-state index in [0.717, 1.165) is 36.1 Å². The minimum Gasteiger partial charge on any atom is -0.322 e. The molecule has 1 fully saturated rings. The van der Waals surface area contributed by atoms with Gasteiger partial charge in [0.1, 0.15) is 0 Å². The highest BCUT2D eigenvalue weighted by atomic mass is 16.1. The van der Waals surface area contributed by atoms with Crippen molar-refractivity contribution in [1.29, 1.82) is 0 Å². The van der Waals surface area contributed by atoms with E-state index < -0.39 is 0 Å². The molecule has 1 N–H and O–H groups in total. The van der Waals surface area contributed by atoms with Crippen molar-refractivity contribution in [2.45, 2.75) is 51.5 Å². The Kier molecular flexibility index (Phi) is 6.92. The van der Waals surface area contributed by atoms with Crippen molar-refractivity contribution >= 4 is 17.7 Å². The SMILES string of the molecule is CCC(c1ccc(NC(=O)C2=Cc3cc(-c4ccccc4)ccc3CC2)cc1)N1CCCCC1. The molecule has 1 aliphatic carbocycles. The Labute approximate surface area is 203 Å². The van der Waals surface area contributed by atoms with Crippen LogP contribution in [-0.2, 0) is 11.2 Å². The number of rotatable bonds is 6. The Bertz CT molecular complexity index is 1160. The Hall–Kier alpha value is -3.17. The van der Waals surface area contributed by atoms with Crippen LogP contribution in [0.4, 0.5) is 5.69 Å². The summed E-state index contributed by atoms with van der Waals surface area (Å²) in [7, 11) is 0. The fourth-order valence-electron chi connectivity index (χ4n) is 5.41. The number of nitrogens with zero attached hydrogens (tertiary/aromatic N) is 1. The summed E-state index contributed by atoms with van der Waals surface area (Å²) in [6.45, 7) is 4.66. The second-order valence-corrected chi connectivity index (χ2v) is 9.55. The van der Waals surface area contributed by atoms with E-state index in [9.17, 15) is 4.79 Å². The molecular weight excluding hydrogens is 416 g/mol. The molecule has 1 saturated heterocycles. The van der Waals surface area contributed by atoms with Crippen LogP contribution in [0.1, 0.15) is 61.8 Å². The van der Waals surface area contributed by atoms with Gasteiger partial charge in [0, 0.05) is 17.3 Å². The number of amides is 1. The lowest BCUT2D eigenvalue weighted by Gasteiger charge is -2.34. The van der Waals surface area contributed by atoms with Crippen molar-refractivity contribution in [3.05, 3.63) is 95.1 Å². The van der Waals surface area contributed by atoms with Crippen LogP contribution in [0.5, 0.6) is 0 Å². The zero-order valence-corrected chi connectivity index (χ0v) is 20.1. The number of likely N-dealkylation sites (tertiary alicyclic amines) is 1. The number of hydrogen-bond acceptors (Lipinski definition) is 2. The standard InChI is InChI=1S/C31H34N2O/c1-2-30(33-19-7-4-8-20-33)25-15-17-29(18-16-25)32-31(34)27-14-12-24-11-13-26(21-28(24)22-27)23-9-5-3-6-10-23/h3,5-6,9-11,13,15-18,21-22,30H,2,4,7-8,12,14,19-20H2,1H3,(H,32,34). The van der Waals surface area contributed by atoms with Gasteiger partial charge in [-0.15, -0.1) is 0 Å². The van der Waals surface area contributed by atoms with Gasteiger partial charge in [0.05, 0.1) is 0 Å². The Balaban J connectivity index is 1.29. The molecule has 3 nitrogen and oxygen atoms in total. The van der Waals surface area contributed by atoms with Crippen LogP contribution in [0.2, 0.25) is 0 Å². The molecule has 0 radical (unpaired) electrons. The third kappa shape index (κ3) is 5.00. The first kappa shape index (κ1) is 22.6. The lowest BCUT2D eigenvalue weighted by molar-refractivity contribution is -0.112. The van der Waals surface area contributed by atoms with Crippen LogP contribution in [0.25, 0.3) is 17.2 Å². The average molecular weight is 451 g/mol. The van der Waals surface area contributed by atoms with Gasteiger partial charge in [0.25, 0.3) is 5.91 Å². The van der Waals surface area contributed by atoms with E-state index in [0.29, 0.717) is 6.04 Å². The molecule has 2 aliphatic rings. The molecule has 3 aromatic carbocycles. The molecule has 174 valence electrons. The number of hydrogen-bond donors (Lipinski definition) is 1. The number of aryl methyl sites for hydroxylation is 1. The summed E-state index contributed by atoms with van der Waals surface area (Å²) in [5, 5.41) is 3.13. The third-order valence-corrected chi connectivity index (χ3v) is 7.31. The molecule has 3 aromatic rings. The lowest BCUT2D eigenvalue weighted by atomic mass is 9.89. The van der Waals surface area contributed by atoms with Gasteiger partial charge in [0.15, 0.2) is 0 Å². The van der Waals surface area contributed by atoms with Gasteiger partial charge >= 0.3 is 0 Å². The second-order valence-electron chi connectivity index (χ2n) is 9.55. The van der Waals surface area contributed by atoms with E-state index in [2.05, 4.69) is 89.9 Å². The van der Waals surface area contributed by atoms with Gasteiger partial charge < -0.3 is 5.32 Å². The molecule has 1 heterocycles. The number of carbonyl (C=O) groups is 1. The van der Waals surface area contributed by atoms with Gasteiger partial charge in [-0.1, -0.05) is 67.9 Å². The van der Waals surface area contributed by atoms with Gasteiger partial charge in [-0.05, 0) is 97.3 Å². The van der Waals surface area contributed by atoms with Crippen LogP contribution >= 0.6 is 0 Å². The number of anilines is 1. The van der Waals surface area contributed by atoms with Crippen molar-refractivity contribution in [1.82, 2.24) is 4.90 Å². The van der Waals surface area contributed by atoms with Crippen molar-refractivity contribution < 1.29 is 4.79 Å². The summed E-state index contributed by atoms with van der Waals surface area (Å²) in [5.74, 6) is 0.00610. The predicted octanol–water partition coefficient (Wildman–Crippen LogP) is 7.26. The van der Waals surface area contributed by atoms with Crippen molar-refractivity contribution in [3.8, 4) is 11.1 Å². The molecule has 1 aliphatic heterocycles. The van der Waals surface area contributed by atoms with Gasteiger partial charge in [0.2, 0.25) is 0 Å². The Morgan fingerprint density at radius 2 is 1.65 bits per heavy atom. The molecule has 3 heteroatoms. The predicted molar refractivity (Wildman–Crippen MR) is 142 cm³/mol. The molecule has 1 atom stereocenters. The summed E-state index contributed by atoms with van der Waals surface area (Å²) in [5.41, 5.74) is 7.91. The van der Waals surface area contributed by atoms with Crippen molar-refractivity contribution in [2.75, 3.05) is 18.4 Å². The van der Waals surface area contributed by atoms with Crippen LogP contribution in [-0.4, -0.2) is 23.9 Å². The van der Waals surface area contributed by atoms with Gasteiger partial charge in [-0.3, -0.25) is 9.69 Å². The second kappa shape index (κ2) is 10.4. The highest BCUT2D eigenvalue weighted by molar-refractivity contribution is 6.07. The van der Waals surface area contributed by atoms with Crippen LogP contribution in [0.15, 0.2) is 78.4 Å². The molecule has 0 spiro atoms. The van der Waals surface area contributed by atoms with E-state index in [4.69, 9.17) is 0 Å². The van der Waals surface area contributed by atoms with E-state index >= 15 is 0 Å².